The normalized spacial score (nSPS) is 18.2. The molecule has 59 heavy (non-hydrogen) atoms. The number of piperazine rings is 1. The highest BCUT2D eigenvalue weighted by atomic mass is 35.5. The van der Waals surface area contributed by atoms with Crippen molar-refractivity contribution in [3.05, 3.63) is 63.8 Å². The lowest BCUT2D eigenvalue weighted by Gasteiger charge is -2.39. The highest BCUT2D eigenvalue weighted by Gasteiger charge is 2.33. The molecular weight excluding hydrogens is 776 g/mol. The number of nitrogens with one attached hydrogen (secondary N) is 3. The topological polar surface area (TPSA) is 185 Å². The van der Waals surface area contributed by atoms with Crippen LogP contribution in [0.15, 0.2) is 47.5 Å². The van der Waals surface area contributed by atoms with Crippen molar-refractivity contribution in [2.45, 2.75) is 51.5 Å². The highest BCUT2D eigenvalue weighted by Crippen LogP contribution is 2.36. The Bertz CT molecular complexity index is 2470. The molecule has 18 heteroatoms. The van der Waals surface area contributed by atoms with Crippen LogP contribution in [0.1, 0.15) is 57.2 Å². The molecule has 0 saturated carbocycles. The number of ether oxygens (including phenoxy) is 1. The zero-order valence-corrected chi connectivity index (χ0v) is 34.5. The van der Waals surface area contributed by atoms with Gasteiger partial charge in [0.2, 0.25) is 17.8 Å². The summed E-state index contributed by atoms with van der Waals surface area (Å²) in [5.74, 6) is 0.399. The van der Waals surface area contributed by atoms with Gasteiger partial charge in [-0.05, 0) is 57.2 Å². The van der Waals surface area contributed by atoms with Crippen molar-refractivity contribution in [3.63, 3.8) is 0 Å². The predicted octanol–water partition coefficient (Wildman–Crippen LogP) is 3.73. The minimum atomic E-state index is -0.427. The summed E-state index contributed by atoms with van der Waals surface area (Å²) in [5, 5.41) is 15.0. The number of rotatable bonds is 11. The fraction of sp³-hybridized carbons (Fsp3) is 0.463. The summed E-state index contributed by atoms with van der Waals surface area (Å²) in [4.78, 5) is 70.6. The maximum absolute atomic E-state index is 13.2. The second-order valence-electron chi connectivity index (χ2n) is 15.8. The lowest BCUT2D eigenvalue weighted by atomic mass is 9.92. The van der Waals surface area contributed by atoms with Gasteiger partial charge in [-0.15, -0.1) is 0 Å². The fourth-order valence-corrected chi connectivity index (χ4v) is 8.60. The molecule has 17 nitrogen and oxygen atoms in total. The van der Waals surface area contributed by atoms with Gasteiger partial charge in [0.1, 0.15) is 10.7 Å². The van der Waals surface area contributed by atoms with E-state index in [-0.39, 0.29) is 41.7 Å². The minimum Gasteiger partial charge on any atom is -0.478 e. The molecule has 3 aliphatic rings. The standard InChI is InChI=1S/C41H49ClN12O5/c1-24(2)54-38-26(19-32(40(54)58)59-23-34(56)43-3)18-27(20-44-38)46-37-30(42)21-45-41(48-37)53-16-14-51(15-17-53)22-25-10-12-52(13-11-25)31-7-5-6-28-35(49-50(4)36(28)31)29-8-9-33(55)47-39(29)57/h5-7,18-21,24-25,29H,8-17,22-23H2,1-4H3,(H,43,56)(H,45,46,48)(H,47,55,57). The molecule has 1 aromatic carbocycles. The number of anilines is 4. The second kappa shape index (κ2) is 16.8. The number of benzene rings is 1. The summed E-state index contributed by atoms with van der Waals surface area (Å²) in [6, 6.07) is 9.46. The lowest BCUT2D eigenvalue weighted by molar-refractivity contribution is -0.134. The van der Waals surface area contributed by atoms with Gasteiger partial charge in [-0.1, -0.05) is 23.7 Å². The Balaban J connectivity index is 0.878. The maximum atomic E-state index is 13.2. The van der Waals surface area contributed by atoms with E-state index in [4.69, 9.17) is 26.4 Å². The monoisotopic (exact) mass is 824 g/mol. The number of fused-ring (bicyclic) bond motifs is 2. The van der Waals surface area contributed by atoms with Crippen LogP contribution >= 0.6 is 11.6 Å². The number of carbonyl (C=O) groups is 3. The highest BCUT2D eigenvalue weighted by molar-refractivity contribution is 6.33. The van der Waals surface area contributed by atoms with Gasteiger partial charge in [-0.3, -0.25) is 38.6 Å². The molecule has 0 aliphatic carbocycles. The first-order valence-electron chi connectivity index (χ1n) is 20.2. The number of carbonyl (C=O) groups excluding carboxylic acids is 3. The van der Waals surface area contributed by atoms with Crippen LogP contribution < -0.4 is 36.0 Å². The zero-order valence-electron chi connectivity index (χ0n) is 33.7. The number of hydrogen-bond acceptors (Lipinski definition) is 13. The van der Waals surface area contributed by atoms with E-state index >= 15 is 0 Å². The van der Waals surface area contributed by atoms with E-state index in [0.29, 0.717) is 52.3 Å². The fourth-order valence-electron chi connectivity index (χ4n) is 8.46. The van der Waals surface area contributed by atoms with Gasteiger partial charge in [0, 0.05) is 83.1 Å². The molecule has 0 radical (unpaired) electrons. The zero-order chi connectivity index (χ0) is 41.4. The Morgan fingerprint density at radius 1 is 1.00 bits per heavy atom. The van der Waals surface area contributed by atoms with E-state index in [1.807, 2.05) is 43.8 Å². The number of aryl methyl sites for hydroxylation is 1. The Labute approximate surface area is 346 Å². The van der Waals surface area contributed by atoms with Gasteiger partial charge in [0.05, 0.1) is 40.9 Å². The van der Waals surface area contributed by atoms with E-state index in [1.165, 1.54) is 7.05 Å². The number of hydrogen-bond donors (Lipinski definition) is 3. The molecular formula is C41H49ClN12O5. The van der Waals surface area contributed by atoms with Crippen LogP contribution in [0, 0.1) is 5.92 Å². The molecule has 8 rings (SSSR count). The number of imide groups is 1. The molecule has 3 fully saturated rings. The SMILES string of the molecule is CNC(=O)COc1cc2cc(Nc3nc(N4CCN(CC5CCN(c6cccc7c(C8CCC(=O)NC8=O)nn(C)c67)CC5)CC4)ncc3Cl)cnc2n(C(C)C)c1=O. The molecule has 0 spiro atoms. The van der Waals surface area contributed by atoms with Crippen LogP contribution in [0.2, 0.25) is 5.02 Å². The van der Waals surface area contributed by atoms with Crippen LogP contribution in [0.25, 0.3) is 21.9 Å². The Kier molecular flexibility index (Phi) is 11.4. The Morgan fingerprint density at radius 3 is 2.51 bits per heavy atom. The third kappa shape index (κ3) is 8.26. The molecule has 5 aromatic rings. The van der Waals surface area contributed by atoms with Gasteiger partial charge in [-0.2, -0.15) is 10.1 Å². The molecule has 3 amide bonds. The molecule has 1 atom stereocenters. The molecule has 7 heterocycles. The van der Waals surface area contributed by atoms with Gasteiger partial charge < -0.3 is 25.2 Å². The first kappa shape index (κ1) is 40.0. The van der Waals surface area contributed by atoms with Crippen molar-refractivity contribution >= 4 is 74.4 Å². The number of para-hydroxylation sites is 1. The number of halogens is 1. The predicted molar refractivity (Wildman–Crippen MR) is 226 cm³/mol. The van der Waals surface area contributed by atoms with Crippen molar-refractivity contribution < 1.29 is 19.1 Å². The molecule has 310 valence electrons. The molecule has 4 aromatic heterocycles. The molecule has 1 unspecified atom stereocenters. The van der Waals surface area contributed by atoms with Crippen molar-refractivity contribution in [3.8, 4) is 5.75 Å². The van der Waals surface area contributed by atoms with E-state index in [9.17, 15) is 19.2 Å². The van der Waals surface area contributed by atoms with Crippen LogP contribution in [0.5, 0.6) is 5.75 Å². The number of likely N-dealkylation sites (N-methyl/N-ethyl adjacent to an activating group) is 1. The van der Waals surface area contributed by atoms with Gasteiger partial charge >= 0.3 is 0 Å². The van der Waals surface area contributed by atoms with Crippen LogP contribution in [-0.4, -0.2) is 111 Å². The van der Waals surface area contributed by atoms with Gasteiger partial charge in [-0.25, -0.2) is 9.97 Å². The maximum Gasteiger partial charge on any atom is 0.294 e. The first-order valence-corrected chi connectivity index (χ1v) is 20.5. The summed E-state index contributed by atoms with van der Waals surface area (Å²) in [6.45, 7) is 9.74. The van der Waals surface area contributed by atoms with Crippen molar-refractivity contribution in [2.24, 2.45) is 13.0 Å². The molecule has 3 aliphatic heterocycles. The van der Waals surface area contributed by atoms with E-state index in [1.54, 1.807) is 23.0 Å². The average Bonchev–Trinajstić information content (AvgIpc) is 3.57. The third-order valence-corrected chi connectivity index (χ3v) is 11.8. The molecule has 0 bridgehead atoms. The summed E-state index contributed by atoms with van der Waals surface area (Å²) in [7, 11) is 3.44. The minimum absolute atomic E-state index is 0.0581. The van der Waals surface area contributed by atoms with Crippen LogP contribution in [0.3, 0.4) is 0 Å². The summed E-state index contributed by atoms with van der Waals surface area (Å²) < 4.78 is 9.02. The van der Waals surface area contributed by atoms with Crippen LogP contribution in [0.4, 0.5) is 23.1 Å². The van der Waals surface area contributed by atoms with Crippen molar-refractivity contribution in [1.29, 1.82) is 0 Å². The number of aromatic nitrogens is 6. The first-order chi connectivity index (χ1) is 28.5. The van der Waals surface area contributed by atoms with E-state index < -0.39 is 5.92 Å². The number of nitrogens with zero attached hydrogens (tertiary/aromatic N) is 9. The second-order valence-corrected chi connectivity index (χ2v) is 16.2. The third-order valence-electron chi connectivity index (χ3n) is 11.6. The van der Waals surface area contributed by atoms with Gasteiger partial charge in [0.15, 0.2) is 18.2 Å². The average molecular weight is 825 g/mol. The number of pyridine rings is 2. The van der Waals surface area contributed by atoms with Crippen LogP contribution in [-0.2, 0) is 21.4 Å². The van der Waals surface area contributed by atoms with E-state index in [2.05, 4.69) is 46.7 Å². The van der Waals surface area contributed by atoms with Crippen molar-refractivity contribution in [1.82, 2.24) is 44.8 Å². The Morgan fingerprint density at radius 2 is 1.78 bits per heavy atom. The number of piperidine rings is 2. The van der Waals surface area contributed by atoms with Gasteiger partial charge in [0.25, 0.3) is 11.5 Å². The quantitative estimate of drug-likeness (QED) is 0.164. The van der Waals surface area contributed by atoms with E-state index in [0.717, 1.165) is 80.9 Å². The number of amides is 3. The molecule has 3 saturated heterocycles. The summed E-state index contributed by atoms with van der Waals surface area (Å²) in [6.07, 6.45) is 6.18. The smallest absolute Gasteiger partial charge is 0.294 e. The summed E-state index contributed by atoms with van der Waals surface area (Å²) in [5.41, 5.74) is 3.64. The Hall–Kier alpha value is -5.81. The largest absolute Gasteiger partial charge is 0.478 e. The molecule has 3 N–H and O–H groups in total. The summed E-state index contributed by atoms with van der Waals surface area (Å²) >= 11 is 6.59. The lowest BCUT2D eigenvalue weighted by Crippen LogP contribution is -2.49. The van der Waals surface area contributed by atoms with Crippen molar-refractivity contribution in [2.75, 3.05) is 74.6 Å².